The van der Waals surface area contributed by atoms with Crippen molar-refractivity contribution in [3.8, 4) is 11.5 Å². The smallest absolute Gasteiger partial charge is 0.242 e. The van der Waals surface area contributed by atoms with Gasteiger partial charge in [0.25, 0.3) is 0 Å². The number of nitrogens with one attached hydrogen (secondary N) is 1. The Balaban J connectivity index is 1.70. The summed E-state index contributed by atoms with van der Waals surface area (Å²) in [6.45, 7) is 6.83. The molecule has 0 saturated carbocycles. The summed E-state index contributed by atoms with van der Waals surface area (Å²) in [6, 6.07) is 13.2. The zero-order valence-corrected chi connectivity index (χ0v) is 17.2. The van der Waals surface area contributed by atoms with Crippen molar-refractivity contribution in [2.24, 2.45) is 0 Å². The van der Waals surface area contributed by atoms with Crippen LogP contribution in [0.25, 0.3) is 0 Å². The molecule has 0 aliphatic carbocycles. The van der Waals surface area contributed by atoms with E-state index in [-0.39, 0.29) is 18.6 Å². The van der Waals surface area contributed by atoms with Gasteiger partial charge in [-0.25, -0.2) is 0 Å². The van der Waals surface area contributed by atoms with Gasteiger partial charge < -0.3 is 19.7 Å². The maximum absolute atomic E-state index is 13.1. The van der Waals surface area contributed by atoms with Crippen LogP contribution >= 0.6 is 0 Å². The minimum absolute atomic E-state index is 0.0537. The number of aryl methyl sites for hydroxylation is 2. The van der Waals surface area contributed by atoms with Crippen LogP contribution in [0.3, 0.4) is 0 Å². The summed E-state index contributed by atoms with van der Waals surface area (Å²) in [7, 11) is 0. The lowest BCUT2D eigenvalue weighted by molar-refractivity contribution is -0.140. The molecule has 154 valence electrons. The van der Waals surface area contributed by atoms with Gasteiger partial charge in [0.2, 0.25) is 18.6 Å². The van der Waals surface area contributed by atoms with Gasteiger partial charge in [0.15, 0.2) is 11.5 Å². The van der Waals surface area contributed by atoms with Crippen LogP contribution in [0.5, 0.6) is 11.5 Å². The summed E-state index contributed by atoms with van der Waals surface area (Å²) < 4.78 is 10.7. The van der Waals surface area contributed by atoms with Gasteiger partial charge in [-0.3, -0.25) is 9.59 Å². The Kier molecular flexibility index (Phi) is 6.75. The molecule has 0 saturated heterocycles. The SMILES string of the molecule is CCNC(=O)C(C)N(Cc1ccc(C)cc1)C(=O)CCc1ccc2c(c1)OCO2. The number of amides is 2. The van der Waals surface area contributed by atoms with E-state index in [0.29, 0.717) is 31.7 Å². The minimum atomic E-state index is -0.541. The third-order valence-corrected chi connectivity index (χ3v) is 5.06. The number of rotatable bonds is 8. The molecule has 1 heterocycles. The Morgan fingerprint density at radius 1 is 1.07 bits per heavy atom. The van der Waals surface area contributed by atoms with E-state index in [0.717, 1.165) is 22.4 Å². The largest absolute Gasteiger partial charge is 0.454 e. The highest BCUT2D eigenvalue weighted by atomic mass is 16.7. The predicted molar refractivity (Wildman–Crippen MR) is 111 cm³/mol. The highest BCUT2D eigenvalue weighted by Crippen LogP contribution is 2.32. The molecule has 6 nitrogen and oxygen atoms in total. The van der Waals surface area contributed by atoms with Crippen LogP contribution in [0, 0.1) is 6.92 Å². The average Bonchev–Trinajstić information content (AvgIpc) is 3.19. The number of carbonyl (C=O) groups excluding carboxylic acids is 2. The second-order valence-electron chi connectivity index (χ2n) is 7.27. The summed E-state index contributed by atoms with van der Waals surface area (Å²) >= 11 is 0. The van der Waals surface area contributed by atoms with Gasteiger partial charge in [-0.05, 0) is 50.5 Å². The Labute approximate surface area is 171 Å². The third-order valence-electron chi connectivity index (χ3n) is 5.06. The number of nitrogens with zero attached hydrogens (tertiary/aromatic N) is 1. The Bertz CT molecular complexity index is 864. The molecule has 0 bridgehead atoms. The first kappa shape index (κ1) is 20.7. The summed E-state index contributed by atoms with van der Waals surface area (Å²) in [4.78, 5) is 27.1. The van der Waals surface area contributed by atoms with Crippen LogP contribution in [0.4, 0.5) is 0 Å². The average molecular weight is 396 g/mol. The lowest BCUT2D eigenvalue weighted by Crippen LogP contribution is -2.47. The zero-order chi connectivity index (χ0) is 20.8. The van der Waals surface area contributed by atoms with E-state index in [1.54, 1.807) is 11.8 Å². The molecule has 0 spiro atoms. The van der Waals surface area contributed by atoms with Gasteiger partial charge in [0, 0.05) is 19.5 Å². The monoisotopic (exact) mass is 396 g/mol. The number of fused-ring (bicyclic) bond motifs is 1. The van der Waals surface area contributed by atoms with Crippen LogP contribution in [-0.2, 0) is 22.6 Å². The molecule has 1 aliphatic heterocycles. The lowest BCUT2D eigenvalue weighted by Gasteiger charge is -2.29. The van der Waals surface area contributed by atoms with Crippen LogP contribution in [0.2, 0.25) is 0 Å². The maximum atomic E-state index is 13.1. The molecule has 29 heavy (non-hydrogen) atoms. The number of benzene rings is 2. The lowest BCUT2D eigenvalue weighted by atomic mass is 10.1. The van der Waals surface area contributed by atoms with E-state index in [1.807, 2.05) is 56.3 Å². The first-order chi connectivity index (χ1) is 14.0. The summed E-state index contributed by atoms with van der Waals surface area (Å²) in [6.07, 6.45) is 0.886. The minimum Gasteiger partial charge on any atom is -0.454 e. The predicted octanol–water partition coefficient (Wildman–Crippen LogP) is 3.21. The van der Waals surface area contributed by atoms with Gasteiger partial charge in [0.1, 0.15) is 6.04 Å². The molecular weight excluding hydrogens is 368 g/mol. The molecule has 1 aliphatic rings. The van der Waals surface area contributed by atoms with Gasteiger partial charge in [-0.2, -0.15) is 0 Å². The molecule has 3 rings (SSSR count). The van der Waals surface area contributed by atoms with Gasteiger partial charge in [-0.15, -0.1) is 0 Å². The Hall–Kier alpha value is -3.02. The number of carbonyl (C=O) groups is 2. The number of hydrogen-bond acceptors (Lipinski definition) is 4. The fraction of sp³-hybridized carbons (Fsp3) is 0.391. The molecule has 0 aromatic heterocycles. The normalized spacial score (nSPS) is 13.1. The maximum Gasteiger partial charge on any atom is 0.242 e. The van der Waals surface area contributed by atoms with E-state index < -0.39 is 6.04 Å². The molecule has 2 aromatic carbocycles. The van der Waals surface area contributed by atoms with Crippen molar-refractivity contribution in [1.82, 2.24) is 10.2 Å². The van der Waals surface area contributed by atoms with Crippen molar-refractivity contribution >= 4 is 11.8 Å². The molecule has 0 fully saturated rings. The summed E-state index contributed by atoms with van der Waals surface area (Å²) in [5.41, 5.74) is 3.16. The quantitative estimate of drug-likeness (QED) is 0.744. The van der Waals surface area contributed by atoms with Crippen LogP contribution in [0.1, 0.15) is 37.0 Å². The van der Waals surface area contributed by atoms with Gasteiger partial charge >= 0.3 is 0 Å². The van der Waals surface area contributed by atoms with Gasteiger partial charge in [-0.1, -0.05) is 35.9 Å². The highest BCUT2D eigenvalue weighted by molar-refractivity contribution is 5.87. The summed E-state index contributed by atoms with van der Waals surface area (Å²) in [5.74, 6) is 1.24. The summed E-state index contributed by atoms with van der Waals surface area (Å²) in [5, 5.41) is 2.81. The van der Waals surface area contributed by atoms with E-state index >= 15 is 0 Å². The molecule has 2 amide bonds. The standard InChI is InChI=1S/C23H28N2O4/c1-4-24-23(27)17(3)25(14-19-7-5-16(2)6-8-19)22(26)12-10-18-9-11-20-21(13-18)29-15-28-20/h5-9,11,13,17H,4,10,12,14-15H2,1-3H3,(H,24,27). The molecule has 2 aromatic rings. The van der Waals surface area contributed by atoms with E-state index in [1.165, 1.54) is 0 Å². The molecule has 6 heteroatoms. The second-order valence-corrected chi connectivity index (χ2v) is 7.27. The van der Waals surface area contributed by atoms with Crippen molar-refractivity contribution in [3.05, 3.63) is 59.2 Å². The second kappa shape index (κ2) is 9.45. The zero-order valence-electron chi connectivity index (χ0n) is 17.2. The Morgan fingerprint density at radius 2 is 1.76 bits per heavy atom. The molecule has 1 atom stereocenters. The first-order valence-corrected chi connectivity index (χ1v) is 9.99. The highest BCUT2D eigenvalue weighted by Gasteiger charge is 2.25. The number of likely N-dealkylation sites (N-methyl/N-ethyl adjacent to an activating group) is 1. The van der Waals surface area contributed by atoms with Crippen molar-refractivity contribution in [3.63, 3.8) is 0 Å². The molecule has 0 radical (unpaired) electrons. The van der Waals surface area contributed by atoms with Crippen LogP contribution < -0.4 is 14.8 Å². The molecule has 1 unspecified atom stereocenters. The molecule has 1 N–H and O–H groups in total. The van der Waals surface area contributed by atoms with Crippen molar-refractivity contribution in [2.45, 2.75) is 46.2 Å². The third kappa shape index (κ3) is 5.28. The van der Waals surface area contributed by atoms with Gasteiger partial charge in [0.05, 0.1) is 0 Å². The Morgan fingerprint density at radius 3 is 2.48 bits per heavy atom. The number of hydrogen-bond donors (Lipinski definition) is 1. The topological polar surface area (TPSA) is 67.9 Å². The van der Waals surface area contributed by atoms with E-state index in [9.17, 15) is 9.59 Å². The van der Waals surface area contributed by atoms with Crippen molar-refractivity contribution < 1.29 is 19.1 Å². The first-order valence-electron chi connectivity index (χ1n) is 9.99. The van der Waals surface area contributed by atoms with E-state index in [2.05, 4.69) is 5.32 Å². The van der Waals surface area contributed by atoms with Crippen molar-refractivity contribution in [1.29, 1.82) is 0 Å². The van der Waals surface area contributed by atoms with Crippen LogP contribution in [-0.4, -0.2) is 36.1 Å². The van der Waals surface area contributed by atoms with Crippen molar-refractivity contribution in [2.75, 3.05) is 13.3 Å². The van der Waals surface area contributed by atoms with E-state index in [4.69, 9.17) is 9.47 Å². The fourth-order valence-electron chi connectivity index (χ4n) is 3.29. The fourth-order valence-corrected chi connectivity index (χ4v) is 3.29. The molecular formula is C23H28N2O4. The number of ether oxygens (including phenoxy) is 2. The van der Waals surface area contributed by atoms with Crippen LogP contribution in [0.15, 0.2) is 42.5 Å².